The summed E-state index contributed by atoms with van der Waals surface area (Å²) in [7, 11) is 0. The predicted octanol–water partition coefficient (Wildman–Crippen LogP) is 3.55. The van der Waals surface area contributed by atoms with Crippen LogP contribution in [0.4, 0.5) is 0 Å². The van der Waals surface area contributed by atoms with E-state index in [0.717, 1.165) is 34.0 Å². The molecule has 0 fully saturated rings. The lowest BCUT2D eigenvalue weighted by Crippen LogP contribution is -1.97. The average molecular weight is 240 g/mol. The van der Waals surface area contributed by atoms with E-state index in [4.69, 9.17) is 9.15 Å². The minimum Gasteiger partial charge on any atom is -0.493 e. The van der Waals surface area contributed by atoms with E-state index in [-0.39, 0.29) is 0 Å². The molecule has 0 atom stereocenters. The van der Waals surface area contributed by atoms with Crippen molar-refractivity contribution in [2.45, 2.75) is 6.42 Å². The molecule has 0 bridgehead atoms. The largest absolute Gasteiger partial charge is 0.493 e. The van der Waals surface area contributed by atoms with Gasteiger partial charge in [-0.3, -0.25) is 0 Å². The molecule has 1 aromatic heterocycles. The number of furan rings is 1. The quantitative estimate of drug-likeness (QED) is 0.517. The van der Waals surface area contributed by atoms with Crippen molar-refractivity contribution in [2.24, 2.45) is 0 Å². The van der Waals surface area contributed by atoms with Gasteiger partial charge in [-0.15, -0.1) is 0 Å². The van der Waals surface area contributed by atoms with Crippen LogP contribution in [0.1, 0.15) is 6.42 Å². The lowest BCUT2D eigenvalue weighted by molar-refractivity contribution is -0.108. The van der Waals surface area contributed by atoms with Gasteiger partial charge in [0.25, 0.3) is 0 Å². The number of hydrogen-bond donors (Lipinski definition) is 0. The number of hydrogen-bond acceptors (Lipinski definition) is 3. The summed E-state index contributed by atoms with van der Waals surface area (Å²) in [5, 5.41) is 2.11. The summed E-state index contributed by atoms with van der Waals surface area (Å²) in [6, 6.07) is 13.6. The summed E-state index contributed by atoms with van der Waals surface area (Å²) in [6.07, 6.45) is 1.26. The first-order valence-electron chi connectivity index (χ1n) is 5.86. The molecule has 3 rings (SSSR count). The molecule has 3 aromatic rings. The summed E-state index contributed by atoms with van der Waals surface area (Å²) >= 11 is 0. The van der Waals surface area contributed by atoms with Crippen LogP contribution in [0.15, 0.2) is 46.9 Å². The first-order chi connectivity index (χ1) is 8.88. The first kappa shape index (κ1) is 10.8. The predicted molar refractivity (Wildman–Crippen MR) is 69.9 cm³/mol. The fraction of sp³-hybridized carbons (Fsp3) is 0.133. The molecule has 2 aromatic carbocycles. The van der Waals surface area contributed by atoms with Crippen LogP contribution < -0.4 is 4.74 Å². The third-order valence-electron chi connectivity index (χ3n) is 2.85. The van der Waals surface area contributed by atoms with Crippen LogP contribution in [0.5, 0.6) is 5.75 Å². The minimum absolute atomic E-state index is 0.407. The Kier molecular flexibility index (Phi) is 2.73. The summed E-state index contributed by atoms with van der Waals surface area (Å²) in [6.45, 7) is 0.408. The summed E-state index contributed by atoms with van der Waals surface area (Å²) in [4.78, 5) is 10.2. The van der Waals surface area contributed by atoms with Crippen molar-refractivity contribution in [3.63, 3.8) is 0 Å². The lowest BCUT2D eigenvalue weighted by atomic mass is 10.1. The summed E-state index contributed by atoms with van der Waals surface area (Å²) in [5.74, 6) is 0.760. The Morgan fingerprint density at radius 3 is 2.78 bits per heavy atom. The van der Waals surface area contributed by atoms with Crippen LogP contribution in [0.3, 0.4) is 0 Å². The van der Waals surface area contributed by atoms with Crippen LogP contribution in [-0.2, 0) is 4.79 Å². The zero-order valence-corrected chi connectivity index (χ0v) is 9.76. The molecular weight excluding hydrogens is 228 g/mol. The Balaban J connectivity index is 2.04. The molecule has 0 unspecified atom stereocenters. The van der Waals surface area contributed by atoms with Crippen LogP contribution in [-0.4, -0.2) is 12.9 Å². The van der Waals surface area contributed by atoms with Gasteiger partial charge in [-0.25, -0.2) is 0 Å². The Labute approximate surface area is 104 Å². The highest BCUT2D eigenvalue weighted by molar-refractivity contribution is 6.05. The molecule has 0 aliphatic rings. The highest BCUT2D eigenvalue weighted by Crippen LogP contribution is 2.31. The SMILES string of the molecule is O=CCCOc1ccc2oc3ccccc3c2c1. The van der Waals surface area contributed by atoms with Crippen molar-refractivity contribution >= 4 is 28.2 Å². The highest BCUT2D eigenvalue weighted by atomic mass is 16.5. The molecule has 0 aliphatic heterocycles. The zero-order valence-electron chi connectivity index (χ0n) is 9.76. The average Bonchev–Trinajstić information content (AvgIpc) is 2.77. The van der Waals surface area contributed by atoms with Gasteiger partial charge in [-0.2, -0.15) is 0 Å². The van der Waals surface area contributed by atoms with Crippen molar-refractivity contribution in [1.82, 2.24) is 0 Å². The van der Waals surface area contributed by atoms with E-state index in [2.05, 4.69) is 0 Å². The summed E-state index contributed by atoms with van der Waals surface area (Å²) < 4.78 is 11.2. The van der Waals surface area contributed by atoms with E-state index >= 15 is 0 Å². The monoisotopic (exact) mass is 240 g/mol. The van der Waals surface area contributed by atoms with Gasteiger partial charge in [-0.1, -0.05) is 18.2 Å². The maximum absolute atomic E-state index is 10.2. The standard InChI is InChI=1S/C15H12O3/c16-8-3-9-17-11-6-7-15-13(10-11)12-4-1-2-5-14(12)18-15/h1-2,4-8,10H,3,9H2. The van der Waals surface area contributed by atoms with Gasteiger partial charge in [0.1, 0.15) is 23.2 Å². The molecule has 3 nitrogen and oxygen atoms in total. The Hall–Kier alpha value is -2.29. The third-order valence-corrected chi connectivity index (χ3v) is 2.85. The normalized spacial score (nSPS) is 10.9. The van der Waals surface area contributed by atoms with Crippen molar-refractivity contribution < 1.29 is 13.9 Å². The molecule has 0 amide bonds. The number of carbonyl (C=O) groups is 1. The number of benzene rings is 2. The van der Waals surface area contributed by atoms with E-state index in [9.17, 15) is 4.79 Å². The molecule has 0 spiro atoms. The van der Waals surface area contributed by atoms with Crippen molar-refractivity contribution in [2.75, 3.05) is 6.61 Å². The molecule has 0 N–H and O–H groups in total. The number of fused-ring (bicyclic) bond motifs is 3. The van der Waals surface area contributed by atoms with Crippen molar-refractivity contribution in [3.8, 4) is 5.75 Å². The molecule has 1 heterocycles. The molecule has 3 heteroatoms. The van der Waals surface area contributed by atoms with Gasteiger partial charge in [-0.05, 0) is 24.3 Å². The fourth-order valence-electron chi connectivity index (χ4n) is 2.02. The second-order valence-corrected chi connectivity index (χ2v) is 4.06. The smallest absolute Gasteiger partial charge is 0.135 e. The number of para-hydroxylation sites is 1. The third kappa shape index (κ3) is 1.84. The molecule has 0 saturated carbocycles. The van der Waals surface area contributed by atoms with Crippen LogP contribution in [0.25, 0.3) is 21.9 Å². The Bertz CT molecular complexity index is 697. The van der Waals surface area contributed by atoms with E-state index in [1.54, 1.807) is 0 Å². The van der Waals surface area contributed by atoms with Gasteiger partial charge in [0, 0.05) is 17.2 Å². The zero-order chi connectivity index (χ0) is 12.4. The number of carbonyl (C=O) groups excluding carboxylic acids is 1. The molecular formula is C15H12O3. The number of rotatable bonds is 4. The summed E-state index contributed by atoms with van der Waals surface area (Å²) in [5.41, 5.74) is 1.72. The second kappa shape index (κ2) is 4.53. The van der Waals surface area contributed by atoms with E-state index in [1.807, 2.05) is 42.5 Å². The molecule has 18 heavy (non-hydrogen) atoms. The van der Waals surface area contributed by atoms with Crippen LogP contribution in [0, 0.1) is 0 Å². The second-order valence-electron chi connectivity index (χ2n) is 4.06. The van der Waals surface area contributed by atoms with Gasteiger partial charge in [0.05, 0.1) is 6.61 Å². The Morgan fingerprint density at radius 2 is 1.89 bits per heavy atom. The molecule has 0 radical (unpaired) electrons. The van der Waals surface area contributed by atoms with Crippen LogP contribution >= 0.6 is 0 Å². The van der Waals surface area contributed by atoms with Crippen molar-refractivity contribution in [1.29, 1.82) is 0 Å². The minimum atomic E-state index is 0.407. The molecule has 0 aliphatic carbocycles. The molecule has 90 valence electrons. The maximum Gasteiger partial charge on any atom is 0.135 e. The topological polar surface area (TPSA) is 39.4 Å². The fourth-order valence-corrected chi connectivity index (χ4v) is 2.02. The molecule has 0 saturated heterocycles. The van der Waals surface area contributed by atoms with E-state index in [1.165, 1.54) is 0 Å². The first-order valence-corrected chi connectivity index (χ1v) is 5.86. The van der Waals surface area contributed by atoms with Crippen molar-refractivity contribution in [3.05, 3.63) is 42.5 Å². The van der Waals surface area contributed by atoms with E-state index in [0.29, 0.717) is 13.0 Å². The van der Waals surface area contributed by atoms with Gasteiger partial charge >= 0.3 is 0 Å². The highest BCUT2D eigenvalue weighted by Gasteiger charge is 2.06. The number of aldehydes is 1. The van der Waals surface area contributed by atoms with Gasteiger partial charge in [0.2, 0.25) is 0 Å². The maximum atomic E-state index is 10.2. The van der Waals surface area contributed by atoms with Crippen LogP contribution in [0.2, 0.25) is 0 Å². The van der Waals surface area contributed by atoms with E-state index < -0.39 is 0 Å². The lowest BCUT2D eigenvalue weighted by Gasteiger charge is -2.03. The van der Waals surface area contributed by atoms with Gasteiger partial charge in [0.15, 0.2) is 0 Å². The van der Waals surface area contributed by atoms with Gasteiger partial charge < -0.3 is 13.9 Å². The number of ether oxygens (including phenoxy) is 1. The Morgan fingerprint density at radius 1 is 1.06 bits per heavy atom.